The number of carbonyl (C=O) groups is 1. The first-order valence-corrected chi connectivity index (χ1v) is 6.38. The maximum absolute atomic E-state index is 12.5. The van der Waals surface area contributed by atoms with Gasteiger partial charge in [0.1, 0.15) is 0 Å². The summed E-state index contributed by atoms with van der Waals surface area (Å²) in [6, 6.07) is 1.50. The molecule has 0 aromatic carbocycles. The van der Waals surface area contributed by atoms with Crippen LogP contribution in [-0.4, -0.2) is 28.0 Å². The highest BCUT2D eigenvalue weighted by Crippen LogP contribution is 2.30. The smallest absolute Gasteiger partial charge is 0.453 e. The lowest BCUT2D eigenvalue weighted by atomic mass is 10.3. The van der Waals surface area contributed by atoms with Crippen molar-refractivity contribution >= 4 is 17.7 Å². The zero-order chi connectivity index (χ0) is 15.6. The number of nitrogens with two attached hydrogens (primary N) is 1. The van der Waals surface area contributed by atoms with Crippen molar-refractivity contribution in [1.29, 1.82) is 0 Å². The summed E-state index contributed by atoms with van der Waals surface area (Å²) in [6.45, 7) is 0. The largest absolute Gasteiger partial charge is 0.463 e. The Labute approximate surface area is 120 Å². The number of carbonyl (C=O) groups excluding carboxylic acids is 1. The topological polar surface area (TPSA) is 96.2 Å². The summed E-state index contributed by atoms with van der Waals surface area (Å²) < 4.78 is 47.3. The van der Waals surface area contributed by atoms with Gasteiger partial charge in [-0.25, -0.2) is 9.47 Å². The average molecular weight is 322 g/mol. The maximum atomic E-state index is 12.5. The fourth-order valence-electron chi connectivity index (χ4n) is 1.43. The van der Waals surface area contributed by atoms with Crippen LogP contribution in [0.25, 0.3) is 0 Å². The SMILES string of the molecule is COC(=O)c1occc1CSc1nnc(C(F)(F)F)n1N. The summed E-state index contributed by atoms with van der Waals surface area (Å²) in [7, 11) is 1.19. The zero-order valence-corrected chi connectivity index (χ0v) is 11.4. The molecule has 0 radical (unpaired) electrons. The van der Waals surface area contributed by atoms with E-state index < -0.39 is 18.0 Å². The Morgan fingerprint density at radius 3 is 2.81 bits per heavy atom. The summed E-state index contributed by atoms with van der Waals surface area (Å²) >= 11 is 0.880. The molecule has 0 saturated heterocycles. The molecule has 0 amide bonds. The fourth-order valence-corrected chi connectivity index (χ4v) is 2.27. The predicted octanol–water partition coefficient (Wildman–Crippen LogP) is 1.68. The van der Waals surface area contributed by atoms with Crippen LogP contribution in [0, 0.1) is 0 Å². The number of alkyl halides is 3. The lowest BCUT2D eigenvalue weighted by Crippen LogP contribution is -2.21. The number of aromatic nitrogens is 3. The minimum absolute atomic E-state index is 0.0240. The third-order valence-corrected chi connectivity index (χ3v) is 3.38. The van der Waals surface area contributed by atoms with E-state index in [0.717, 1.165) is 11.8 Å². The number of esters is 1. The number of furan rings is 1. The lowest BCUT2D eigenvalue weighted by Gasteiger charge is -2.05. The number of nitrogen functional groups attached to an aromatic ring is 1. The van der Waals surface area contributed by atoms with Gasteiger partial charge in [0.25, 0.3) is 5.82 Å². The van der Waals surface area contributed by atoms with Gasteiger partial charge in [-0.05, 0) is 6.07 Å². The van der Waals surface area contributed by atoms with E-state index in [-0.39, 0.29) is 16.7 Å². The van der Waals surface area contributed by atoms with E-state index in [1.54, 1.807) is 0 Å². The van der Waals surface area contributed by atoms with E-state index in [4.69, 9.17) is 10.3 Å². The Morgan fingerprint density at radius 2 is 2.24 bits per heavy atom. The number of ether oxygens (including phenoxy) is 1. The van der Waals surface area contributed by atoms with Gasteiger partial charge in [0.2, 0.25) is 10.9 Å². The Hall–Kier alpha value is -2.17. The number of rotatable bonds is 4. The molecule has 2 N–H and O–H groups in total. The highest BCUT2D eigenvalue weighted by atomic mass is 32.2. The lowest BCUT2D eigenvalue weighted by molar-refractivity contribution is -0.146. The van der Waals surface area contributed by atoms with Crippen LogP contribution in [-0.2, 0) is 16.7 Å². The van der Waals surface area contributed by atoms with E-state index in [9.17, 15) is 18.0 Å². The van der Waals surface area contributed by atoms with E-state index in [1.807, 2.05) is 0 Å². The van der Waals surface area contributed by atoms with Crippen LogP contribution in [0.5, 0.6) is 0 Å². The van der Waals surface area contributed by atoms with Crippen LogP contribution in [0.2, 0.25) is 0 Å². The summed E-state index contributed by atoms with van der Waals surface area (Å²) in [4.78, 5) is 11.4. The van der Waals surface area contributed by atoms with E-state index in [0.29, 0.717) is 10.2 Å². The van der Waals surface area contributed by atoms with Gasteiger partial charge in [0, 0.05) is 11.3 Å². The van der Waals surface area contributed by atoms with Gasteiger partial charge in [0.05, 0.1) is 13.4 Å². The molecule has 114 valence electrons. The minimum atomic E-state index is -4.69. The molecule has 2 aromatic heterocycles. The number of hydrogen-bond acceptors (Lipinski definition) is 7. The highest BCUT2D eigenvalue weighted by molar-refractivity contribution is 7.98. The Kier molecular flexibility index (Phi) is 4.11. The number of methoxy groups -OCH3 is 1. The number of thioether (sulfide) groups is 1. The molecule has 2 rings (SSSR count). The molecule has 0 unspecified atom stereocenters. The van der Waals surface area contributed by atoms with Crippen molar-refractivity contribution in [2.75, 3.05) is 13.0 Å². The molecule has 0 bridgehead atoms. The molecule has 2 aromatic rings. The quantitative estimate of drug-likeness (QED) is 0.520. The van der Waals surface area contributed by atoms with E-state index in [1.165, 1.54) is 19.4 Å². The molecule has 11 heteroatoms. The first kappa shape index (κ1) is 15.2. The van der Waals surface area contributed by atoms with Crippen LogP contribution >= 0.6 is 11.8 Å². The maximum Gasteiger partial charge on any atom is 0.453 e. The van der Waals surface area contributed by atoms with Crippen LogP contribution in [0.3, 0.4) is 0 Å². The van der Waals surface area contributed by atoms with Gasteiger partial charge in [-0.1, -0.05) is 11.8 Å². The highest BCUT2D eigenvalue weighted by Gasteiger charge is 2.38. The number of nitrogens with zero attached hydrogens (tertiary/aromatic N) is 3. The summed E-state index contributed by atoms with van der Waals surface area (Å²) in [5.41, 5.74) is 0.448. The average Bonchev–Trinajstić information content (AvgIpc) is 3.01. The summed E-state index contributed by atoms with van der Waals surface area (Å²) in [6.07, 6.45) is -3.41. The monoisotopic (exact) mass is 322 g/mol. The van der Waals surface area contributed by atoms with Crippen molar-refractivity contribution in [3.8, 4) is 0 Å². The van der Waals surface area contributed by atoms with Crippen molar-refractivity contribution < 1.29 is 27.1 Å². The van der Waals surface area contributed by atoms with Gasteiger partial charge < -0.3 is 15.0 Å². The summed E-state index contributed by atoms with van der Waals surface area (Å²) in [5, 5.41) is 6.21. The van der Waals surface area contributed by atoms with E-state index in [2.05, 4.69) is 14.9 Å². The number of halogens is 3. The van der Waals surface area contributed by atoms with Gasteiger partial charge >= 0.3 is 12.1 Å². The molecule has 0 aliphatic heterocycles. The molecule has 0 atom stereocenters. The van der Waals surface area contributed by atoms with Crippen LogP contribution in [0.1, 0.15) is 21.9 Å². The minimum Gasteiger partial charge on any atom is -0.463 e. The molecule has 2 heterocycles. The Bertz CT molecular complexity index is 652. The second-order valence-corrected chi connectivity index (χ2v) is 4.67. The second kappa shape index (κ2) is 5.68. The second-order valence-electron chi connectivity index (χ2n) is 3.73. The van der Waals surface area contributed by atoms with Gasteiger partial charge in [-0.3, -0.25) is 0 Å². The van der Waals surface area contributed by atoms with Crippen molar-refractivity contribution in [3.05, 3.63) is 29.5 Å². The van der Waals surface area contributed by atoms with E-state index >= 15 is 0 Å². The Morgan fingerprint density at radius 1 is 1.52 bits per heavy atom. The van der Waals surface area contributed by atoms with Gasteiger partial charge in [0.15, 0.2) is 0 Å². The first-order chi connectivity index (χ1) is 9.84. The molecule has 0 aliphatic carbocycles. The normalized spacial score (nSPS) is 11.6. The van der Waals surface area contributed by atoms with Crippen molar-refractivity contribution in [2.24, 2.45) is 0 Å². The molecular formula is C10H9F3N4O3S. The van der Waals surface area contributed by atoms with Crippen molar-refractivity contribution in [2.45, 2.75) is 17.1 Å². The van der Waals surface area contributed by atoms with Crippen molar-refractivity contribution in [3.63, 3.8) is 0 Å². The van der Waals surface area contributed by atoms with Gasteiger partial charge in [-0.15, -0.1) is 10.2 Å². The van der Waals surface area contributed by atoms with Crippen LogP contribution in [0.4, 0.5) is 13.2 Å². The van der Waals surface area contributed by atoms with Crippen molar-refractivity contribution in [1.82, 2.24) is 14.9 Å². The Balaban J connectivity index is 2.13. The van der Waals surface area contributed by atoms with Gasteiger partial charge in [-0.2, -0.15) is 13.2 Å². The molecular weight excluding hydrogens is 313 g/mol. The molecule has 0 fully saturated rings. The van der Waals surface area contributed by atoms with Crippen LogP contribution in [0.15, 0.2) is 21.9 Å². The third kappa shape index (κ3) is 3.12. The molecule has 0 aliphatic rings. The first-order valence-electron chi connectivity index (χ1n) is 5.39. The molecule has 7 nitrogen and oxygen atoms in total. The third-order valence-electron chi connectivity index (χ3n) is 2.39. The predicted molar refractivity (Wildman–Crippen MR) is 64.8 cm³/mol. The summed E-state index contributed by atoms with van der Waals surface area (Å²) in [5.74, 6) is 3.40. The molecule has 0 saturated carbocycles. The standard InChI is InChI=1S/C10H9F3N4O3S/c1-19-7(18)6-5(2-3-20-6)4-21-9-16-15-8(17(9)14)10(11,12)13/h2-3H,4,14H2,1H3. The van der Waals surface area contributed by atoms with Crippen LogP contribution < -0.4 is 5.84 Å². The number of hydrogen-bond donors (Lipinski definition) is 1. The molecule has 0 spiro atoms. The molecule has 21 heavy (non-hydrogen) atoms. The fraction of sp³-hybridized carbons (Fsp3) is 0.300. The zero-order valence-electron chi connectivity index (χ0n) is 10.5.